The molecule has 1 N–H and O–H groups in total. The molecule has 5 nitrogen and oxygen atoms in total. The van der Waals surface area contributed by atoms with Gasteiger partial charge in [-0.25, -0.2) is 14.4 Å². The van der Waals surface area contributed by atoms with Crippen LogP contribution >= 0.6 is 0 Å². The number of fused-ring (bicyclic) bond motifs is 1. The van der Waals surface area contributed by atoms with E-state index in [1.807, 2.05) is 37.4 Å². The number of halogens is 1. The fourth-order valence-corrected chi connectivity index (χ4v) is 2.96. The van der Waals surface area contributed by atoms with E-state index in [0.717, 1.165) is 16.5 Å². The standard InChI is InChI=1S/C21H17FN4O/c1-23-21-16-7-5-13(17-11-15(27-2)6-8-18(17)22)10-19(16)25-20(26-21)14-4-3-9-24-12-14/h3-12H,1-2H3,(H,23,25,26). The molecule has 0 radical (unpaired) electrons. The van der Waals surface area contributed by atoms with Crippen LogP contribution in [0.1, 0.15) is 0 Å². The average molecular weight is 360 g/mol. The lowest BCUT2D eigenvalue weighted by Crippen LogP contribution is -1.99. The number of nitrogens with zero attached hydrogens (tertiary/aromatic N) is 3. The largest absolute Gasteiger partial charge is 0.497 e. The van der Waals surface area contributed by atoms with E-state index in [1.54, 1.807) is 31.6 Å². The van der Waals surface area contributed by atoms with Gasteiger partial charge in [0.15, 0.2) is 5.82 Å². The molecule has 0 bridgehead atoms. The second-order valence-corrected chi connectivity index (χ2v) is 5.97. The first-order chi connectivity index (χ1) is 13.2. The Morgan fingerprint density at radius 2 is 1.89 bits per heavy atom. The van der Waals surface area contributed by atoms with E-state index in [2.05, 4.69) is 20.3 Å². The molecule has 6 heteroatoms. The highest BCUT2D eigenvalue weighted by atomic mass is 19.1. The van der Waals surface area contributed by atoms with E-state index in [9.17, 15) is 4.39 Å². The van der Waals surface area contributed by atoms with Crippen molar-refractivity contribution in [3.05, 3.63) is 66.7 Å². The van der Waals surface area contributed by atoms with Crippen LogP contribution in [0.4, 0.5) is 10.2 Å². The molecule has 134 valence electrons. The van der Waals surface area contributed by atoms with Crippen molar-refractivity contribution < 1.29 is 9.13 Å². The molecular formula is C21H17FN4O. The minimum Gasteiger partial charge on any atom is -0.497 e. The number of anilines is 1. The minimum atomic E-state index is -0.314. The van der Waals surface area contributed by atoms with E-state index >= 15 is 0 Å². The molecule has 0 saturated carbocycles. The van der Waals surface area contributed by atoms with Crippen LogP contribution in [0, 0.1) is 5.82 Å². The molecular weight excluding hydrogens is 343 g/mol. The lowest BCUT2D eigenvalue weighted by Gasteiger charge is -2.11. The summed E-state index contributed by atoms with van der Waals surface area (Å²) in [6.45, 7) is 0. The Kier molecular flexibility index (Phi) is 4.38. The molecule has 0 aliphatic carbocycles. The van der Waals surface area contributed by atoms with Crippen LogP contribution in [-0.2, 0) is 0 Å². The SMILES string of the molecule is CNc1nc(-c2cccnc2)nc2cc(-c3cc(OC)ccc3F)ccc12. The van der Waals surface area contributed by atoms with Crippen molar-refractivity contribution in [2.75, 3.05) is 19.5 Å². The van der Waals surface area contributed by atoms with Crippen LogP contribution in [0.15, 0.2) is 60.9 Å². The fraction of sp³-hybridized carbons (Fsp3) is 0.0952. The topological polar surface area (TPSA) is 59.9 Å². The molecule has 2 aromatic carbocycles. The first-order valence-electron chi connectivity index (χ1n) is 8.43. The van der Waals surface area contributed by atoms with Gasteiger partial charge in [0.1, 0.15) is 17.4 Å². The Balaban J connectivity index is 1.91. The van der Waals surface area contributed by atoms with Gasteiger partial charge in [-0.1, -0.05) is 6.07 Å². The number of ether oxygens (including phenoxy) is 1. The van der Waals surface area contributed by atoms with Gasteiger partial charge in [0.05, 0.1) is 12.6 Å². The third-order valence-electron chi connectivity index (χ3n) is 4.34. The van der Waals surface area contributed by atoms with E-state index in [-0.39, 0.29) is 5.82 Å². The Morgan fingerprint density at radius 3 is 2.63 bits per heavy atom. The molecule has 27 heavy (non-hydrogen) atoms. The van der Waals surface area contributed by atoms with Crippen molar-refractivity contribution in [1.29, 1.82) is 0 Å². The van der Waals surface area contributed by atoms with Gasteiger partial charge >= 0.3 is 0 Å². The molecule has 4 rings (SSSR count). The van der Waals surface area contributed by atoms with Crippen molar-refractivity contribution in [1.82, 2.24) is 15.0 Å². The molecule has 0 amide bonds. The monoisotopic (exact) mass is 360 g/mol. The second-order valence-electron chi connectivity index (χ2n) is 5.97. The van der Waals surface area contributed by atoms with Crippen LogP contribution in [0.5, 0.6) is 5.75 Å². The van der Waals surface area contributed by atoms with Crippen molar-refractivity contribution in [2.45, 2.75) is 0 Å². The predicted octanol–water partition coefficient (Wildman–Crippen LogP) is 4.55. The molecule has 2 heterocycles. The van der Waals surface area contributed by atoms with E-state index < -0.39 is 0 Å². The number of benzene rings is 2. The number of hydrogen-bond acceptors (Lipinski definition) is 5. The third kappa shape index (κ3) is 3.17. The van der Waals surface area contributed by atoms with Crippen LogP contribution in [-0.4, -0.2) is 29.1 Å². The fourth-order valence-electron chi connectivity index (χ4n) is 2.96. The molecule has 0 aliphatic heterocycles. The zero-order valence-corrected chi connectivity index (χ0v) is 14.9. The molecule has 0 aliphatic rings. The number of hydrogen-bond donors (Lipinski definition) is 1. The van der Waals surface area contributed by atoms with E-state index in [4.69, 9.17) is 4.74 Å². The summed E-state index contributed by atoms with van der Waals surface area (Å²) >= 11 is 0. The van der Waals surface area contributed by atoms with Gasteiger partial charge in [-0.15, -0.1) is 0 Å². The third-order valence-corrected chi connectivity index (χ3v) is 4.34. The van der Waals surface area contributed by atoms with Gasteiger partial charge in [0.25, 0.3) is 0 Å². The Labute approximate surface area is 155 Å². The normalized spacial score (nSPS) is 10.8. The zero-order chi connectivity index (χ0) is 18.8. The summed E-state index contributed by atoms with van der Waals surface area (Å²) in [4.78, 5) is 13.4. The Morgan fingerprint density at radius 1 is 1.00 bits per heavy atom. The lowest BCUT2D eigenvalue weighted by atomic mass is 10.0. The summed E-state index contributed by atoms with van der Waals surface area (Å²) < 4.78 is 19.6. The quantitative estimate of drug-likeness (QED) is 0.579. The lowest BCUT2D eigenvalue weighted by molar-refractivity contribution is 0.414. The molecule has 4 aromatic rings. The predicted molar refractivity (Wildman–Crippen MR) is 104 cm³/mol. The first-order valence-corrected chi connectivity index (χ1v) is 8.43. The highest BCUT2D eigenvalue weighted by Crippen LogP contribution is 2.31. The van der Waals surface area contributed by atoms with Crippen LogP contribution in [0.25, 0.3) is 33.4 Å². The Hall–Kier alpha value is -3.54. The molecule has 2 aromatic heterocycles. The maximum Gasteiger partial charge on any atom is 0.163 e. The summed E-state index contributed by atoms with van der Waals surface area (Å²) in [5.41, 5.74) is 2.71. The summed E-state index contributed by atoms with van der Waals surface area (Å²) in [5, 5.41) is 3.96. The second kappa shape index (κ2) is 6.99. The van der Waals surface area contributed by atoms with Crippen LogP contribution in [0.3, 0.4) is 0 Å². The highest BCUT2D eigenvalue weighted by molar-refractivity contribution is 5.93. The van der Waals surface area contributed by atoms with Crippen molar-refractivity contribution in [2.24, 2.45) is 0 Å². The summed E-state index contributed by atoms with van der Waals surface area (Å²) in [7, 11) is 3.37. The van der Waals surface area contributed by atoms with Crippen molar-refractivity contribution >= 4 is 16.7 Å². The number of methoxy groups -OCH3 is 1. The smallest absolute Gasteiger partial charge is 0.163 e. The van der Waals surface area contributed by atoms with Crippen LogP contribution in [0.2, 0.25) is 0 Å². The first kappa shape index (κ1) is 16.9. The van der Waals surface area contributed by atoms with Crippen molar-refractivity contribution in [3.8, 4) is 28.3 Å². The summed E-state index contributed by atoms with van der Waals surface area (Å²) in [6.07, 6.45) is 3.42. The van der Waals surface area contributed by atoms with Gasteiger partial charge in [0, 0.05) is 36.0 Å². The number of pyridine rings is 1. The van der Waals surface area contributed by atoms with Gasteiger partial charge in [-0.2, -0.15) is 0 Å². The van der Waals surface area contributed by atoms with Gasteiger partial charge in [-0.05, 0) is 48.0 Å². The molecule has 0 saturated heterocycles. The minimum absolute atomic E-state index is 0.314. The molecule has 0 fully saturated rings. The van der Waals surface area contributed by atoms with Crippen molar-refractivity contribution in [3.63, 3.8) is 0 Å². The van der Waals surface area contributed by atoms with Gasteiger partial charge in [-0.3, -0.25) is 4.98 Å². The zero-order valence-electron chi connectivity index (χ0n) is 14.9. The van der Waals surface area contributed by atoms with Gasteiger partial charge < -0.3 is 10.1 Å². The van der Waals surface area contributed by atoms with E-state index in [0.29, 0.717) is 28.5 Å². The maximum absolute atomic E-state index is 14.4. The maximum atomic E-state index is 14.4. The summed E-state index contributed by atoms with van der Waals surface area (Å²) in [6, 6.07) is 14.0. The summed E-state index contributed by atoms with van der Waals surface area (Å²) in [5.74, 6) is 1.55. The Bertz CT molecular complexity index is 1120. The van der Waals surface area contributed by atoms with E-state index in [1.165, 1.54) is 6.07 Å². The van der Waals surface area contributed by atoms with Crippen LogP contribution < -0.4 is 10.1 Å². The molecule has 0 spiro atoms. The molecule has 0 atom stereocenters. The van der Waals surface area contributed by atoms with Gasteiger partial charge in [0.2, 0.25) is 0 Å². The number of nitrogens with one attached hydrogen (secondary N) is 1. The highest BCUT2D eigenvalue weighted by Gasteiger charge is 2.12. The number of rotatable bonds is 4. The molecule has 0 unspecified atom stereocenters. The average Bonchev–Trinajstić information content (AvgIpc) is 2.73. The number of aromatic nitrogens is 3.